The molecule has 0 aromatic heterocycles. The molecule has 2 radical (unpaired) electrons. The van der Waals surface area contributed by atoms with Gasteiger partial charge in [0.15, 0.2) is 0 Å². The van der Waals surface area contributed by atoms with Crippen molar-refractivity contribution in [2.75, 3.05) is 13.2 Å². The van der Waals surface area contributed by atoms with Crippen LogP contribution in [0.15, 0.2) is 0 Å². The van der Waals surface area contributed by atoms with Crippen molar-refractivity contribution in [3.63, 3.8) is 0 Å². The van der Waals surface area contributed by atoms with E-state index >= 15 is 0 Å². The van der Waals surface area contributed by atoms with E-state index in [0.717, 1.165) is 6.61 Å². The molecule has 0 N–H and O–H groups in total. The van der Waals surface area contributed by atoms with E-state index in [1.807, 2.05) is 0 Å². The molecule has 0 fully saturated rings. The van der Waals surface area contributed by atoms with Crippen LogP contribution in [-0.2, 0) is 4.74 Å². The smallest absolute Gasteiger partial charge is 0.0468 e. The molecule has 54 valence electrons. The largest absolute Gasteiger partial charge is 0.381 e. The first-order valence-corrected chi connectivity index (χ1v) is 3.69. The molecule has 0 bridgehead atoms. The van der Waals surface area contributed by atoms with E-state index in [-0.39, 0.29) is 0 Å². The first-order valence-electron chi connectivity index (χ1n) is 3.69. The third kappa shape index (κ3) is 7.96. The van der Waals surface area contributed by atoms with Crippen molar-refractivity contribution in [3.05, 3.63) is 6.92 Å². The molecule has 1 heteroatoms. The monoisotopic (exact) mass is 128 g/mol. The van der Waals surface area contributed by atoms with Gasteiger partial charge in [0.25, 0.3) is 0 Å². The highest BCUT2D eigenvalue weighted by Crippen LogP contribution is 1.93. The minimum Gasteiger partial charge on any atom is -0.381 e. The summed E-state index contributed by atoms with van der Waals surface area (Å²) in [4.78, 5) is 0. The van der Waals surface area contributed by atoms with E-state index in [1.54, 1.807) is 0 Å². The topological polar surface area (TPSA) is 9.23 Å². The Bertz CT molecular complexity index is 37.8. The second-order valence-electron chi connectivity index (χ2n) is 2.11. The number of ether oxygens (including phenoxy) is 1. The van der Waals surface area contributed by atoms with Crippen LogP contribution in [0.4, 0.5) is 0 Å². The van der Waals surface area contributed by atoms with Crippen LogP contribution in [0.3, 0.4) is 0 Å². The lowest BCUT2D eigenvalue weighted by Crippen LogP contribution is -1.94. The first kappa shape index (κ1) is 8.96. The zero-order valence-corrected chi connectivity index (χ0v) is 6.23. The second kappa shape index (κ2) is 7.96. The lowest BCUT2D eigenvalue weighted by molar-refractivity contribution is 0.134. The van der Waals surface area contributed by atoms with E-state index in [0.29, 0.717) is 13.0 Å². The summed E-state index contributed by atoms with van der Waals surface area (Å²) >= 11 is 0. The van der Waals surface area contributed by atoms with E-state index in [2.05, 4.69) is 6.92 Å². The van der Waals surface area contributed by atoms with Crippen molar-refractivity contribution in [1.82, 2.24) is 0 Å². The highest BCUT2D eigenvalue weighted by atomic mass is 16.5. The zero-order chi connectivity index (χ0) is 6.95. The van der Waals surface area contributed by atoms with Gasteiger partial charge in [-0.3, -0.25) is 0 Å². The van der Waals surface area contributed by atoms with Crippen LogP contribution < -0.4 is 0 Å². The fourth-order valence-corrected chi connectivity index (χ4v) is 0.640. The Balaban J connectivity index is 2.60. The van der Waals surface area contributed by atoms with E-state index in [4.69, 9.17) is 11.7 Å². The summed E-state index contributed by atoms with van der Waals surface area (Å²) in [5, 5.41) is 0. The maximum Gasteiger partial charge on any atom is 0.0468 e. The van der Waals surface area contributed by atoms with Gasteiger partial charge >= 0.3 is 0 Å². The van der Waals surface area contributed by atoms with Crippen LogP contribution in [0.2, 0.25) is 0 Å². The Labute approximate surface area is 58.4 Å². The molecule has 0 saturated heterocycles. The van der Waals surface area contributed by atoms with Gasteiger partial charge < -0.3 is 4.74 Å². The predicted octanol–water partition coefficient (Wildman–Crippen LogP) is 2.29. The number of rotatable bonds is 6. The van der Waals surface area contributed by atoms with Gasteiger partial charge in [0.1, 0.15) is 0 Å². The lowest BCUT2D eigenvalue weighted by Gasteiger charge is -1.99. The number of unbranched alkanes of at least 4 members (excludes halogenated alkanes) is 2. The minimum atomic E-state index is 0.645. The third-order valence-electron chi connectivity index (χ3n) is 1.15. The Morgan fingerprint density at radius 3 is 2.56 bits per heavy atom. The summed E-state index contributed by atoms with van der Waals surface area (Å²) in [6.07, 6.45) is 4.35. The van der Waals surface area contributed by atoms with Crippen LogP contribution in [0.5, 0.6) is 0 Å². The molecule has 0 aromatic carbocycles. The second-order valence-corrected chi connectivity index (χ2v) is 2.11. The molecule has 0 amide bonds. The Morgan fingerprint density at radius 2 is 2.00 bits per heavy atom. The van der Waals surface area contributed by atoms with Gasteiger partial charge in [0, 0.05) is 13.2 Å². The van der Waals surface area contributed by atoms with Gasteiger partial charge in [-0.05, 0) is 19.8 Å². The van der Waals surface area contributed by atoms with Crippen LogP contribution in [0.25, 0.3) is 0 Å². The average Bonchev–Trinajstić information content (AvgIpc) is 1.89. The quantitative estimate of drug-likeness (QED) is 0.499. The van der Waals surface area contributed by atoms with Gasteiger partial charge in [-0.15, -0.1) is 0 Å². The molecule has 0 heterocycles. The van der Waals surface area contributed by atoms with Crippen molar-refractivity contribution >= 4 is 0 Å². The van der Waals surface area contributed by atoms with Crippen LogP contribution in [-0.4, -0.2) is 13.2 Å². The molecular weight excluding hydrogens is 112 g/mol. The van der Waals surface area contributed by atoms with Crippen LogP contribution >= 0.6 is 0 Å². The standard InChI is InChI=1S/C8H16O/c1-3-5-6-8-9-7-4-2/h2H,3-8H2,1H3. The molecule has 0 spiro atoms. The van der Waals surface area contributed by atoms with Crippen molar-refractivity contribution < 1.29 is 4.74 Å². The molecule has 0 atom stereocenters. The Kier molecular flexibility index (Phi) is 7.92. The van der Waals surface area contributed by atoms with Crippen molar-refractivity contribution in [2.45, 2.75) is 32.6 Å². The molecule has 0 aliphatic heterocycles. The van der Waals surface area contributed by atoms with E-state index in [1.165, 1.54) is 19.3 Å². The third-order valence-corrected chi connectivity index (χ3v) is 1.15. The van der Waals surface area contributed by atoms with E-state index in [9.17, 15) is 0 Å². The number of hydrogen-bond donors (Lipinski definition) is 0. The van der Waals surface area contributed by atoms with Crippen molar-refractivity contribution in [2.24, 2.45) is 0 Å². The maximum atomic E-state index is 5.22. The van der Waals surface area contributed by atoms with Gasteiger partial charge in [-0.2, -0.15) is 0 Å². The van der Waals surface area contributed by atoms with Gasteiger partial charge in [0.05, 0.1) is 0 Å². The Hall–Kier alpha value is -0.0400. The van der Waals surface area contributed by atoms with Crippen LogP contribution in [0.1, 0.15) is 32.6 Å². The molecular formula is C8H16O. The van der Waals surface area contributed by atoms with Crippen molar-refractivity contribution in [1.29, 1.82) is 0 Å². The lowest BCUT2D eigenvalue weighted by atomic mass is 10.3. The van der Waals surface area contributed by atoms with E-state index < -0.39 is 0 Å². The summed E-state index contributed by atoms with van der Waals surface area (Å²) in [7, 11) is 0. The molecule has 9 heavy (non-hydrogen) atoms. The fourth-order valence-electron chi connectivity index (χ4n) is 0.640. The SMILES string of the molecule is [CH]CCOCCCCC. The molecule has 1 nitrogen and oxygen atoms in total. The van der Waals surface area contributed by atoms with Gasteiger partial charge in [-0.1, -0.05) is 19.8 Å². The average molecular weight is 128 g/mol. The van der Waals surface area contributed by atoms with Gasteiger partial charge in [-0.25, -0.2) is 0 Å². The highest BCUT2D eigenvalue weighted by molar-refractivity contribution is 4.38. The molecule has 0 aliphatic rings. The summed E-state index contributed by atoms with van der Waals surface area (Å²) in [5.41, 5.74) is 0. The Morgan fingerprint density at radius 1 is 1.22 bits per heavy atom. The molecule has 0 rings (SSSR count). The molecule has 0 saturated carbocycles. The first-order chi connectivity index (χ1) is 4.41. The minimum absolute atomic E-state index is 0.645. The highest BCUT2D eigenvalue weighted by Gasteiger charge is 1.84. The predicted molar refractivity (Wildman–Crippen MR) is 39.3 cm³/mol. The van der Waals surface area contributed by atoms with Crippen molar-refractivity contribution in [3.8, 4) is 0 Å². The normalized spacial score (nSPS) is 10.0. The maximum absolute atomic E-state index is 5.22. The van der Waals surface area contributed by atoms with Crippen LogP contribution in [0, 0.1) is 6.92 Å². The molecule has 0 unspecified atom stereocenters. The molecule has 0 aliphatic carbocycles. The van der Waals surface area contributed by atoms with Gasteiger partial charge in [0.2, 0.25) is 0 Å². The number of hydrogen-bond acceptors (Lipinski definition) is 1. The zero-order valence-electron chi connectivity index (χ0n) is 6.23. The summed E-state index contributed by atoms with van der Waals surface area (Å²) < 4.78 is 5.16. The molecule has 0 aromatic rings. The summed E-state index contributed by atoms with van der Waals surface area (Å²) in [6.45, 7) is 8.99. The summed E-state index contributed by atoms with van der Waals surface area (Å²) in [5.74, 6) is 0. The summed E-state index contributed by atoms with van der Waals surface area (Å²) in [6, 6.07) is 0. The fraction of sp³-hybridized carbons (Fsp3) is 0.875.